The van der Waals surface area contributed by atoms with Crippen molar-refractivity contribution in [2.75, 3.05) is 0 Å². The molecule has 0 spiro atoms. The molecule has 0 saturated heterocycles. The lowest BCUT2D eigenvalue weighted by Gasteiger charge is -2.06. The molecule has 1 atom stereocenters. The number of ketones is 1. The van der Waals surface area contributed by atoms with Gasteiger partial charge in [0.15, 0.2) is 12.0 Å². The summed E-state index contributed by atoms with van der Waals surface area (Å²) in [5.74, 6) is 3.76. The summed E-state index contributed by atoms with van der Waals surface area (Å²) in [5, 5.41) is 9.32. The van der Waals surface area contributed by atoms with Crippen LogP contribution in [-0.2, 0) is 0 Å². The minimum absolute atomic E-state index is 0.0730. The van der Waals surface area contributed by atoms with E-state index in [2.05, 4.69) is 11.8 Å². The molecule has 2 aromatic carbocycles. The van der Waals surface area contributed by atoms with Crippen LogP contribution in [0.3, 0.4) is 0 Å². The lowest BCUT2D eigenvalue weighted by molar-refractivity contribution is 0.103. The Labute approximate surface area is 126 Å². The van der Waals surface area contributed by atoms with Gasteiger partial charge < -0.3 is 5.11 Å². The van der Waals surface area contributed by atoms with Gasteiger partial charge in [0.2, 0.25) is 0 Å². The number of carbonyl (C=O) groups is 1. The number of halogens is 2. The average molecular weight is 304 g/mol. The van der Waals surface area contributed by atoms with E-state index in [0.29, 0.717) is 10.6 Å². The van der Waals surface area contributed by atoms with Crippen LogP contribution in [0.5, 0.6) is 0 Å². The van der Waals surface area contributed by atoms with Gasteiger partial charge in [-0.05, 0) is 30.3 Å². The molecule has 0 aliphatic carbocycles. The fourth-order valence-corrected chi connectivity index (χ4v) is 1.93. The van der Waals surface area contributed by atoms with Gasteiger partial charge in [0.25, 0.3) is 0 Å². The predicted octanol–water partition coefficient (Wildman–Crippen LogP) is 2.34. The van der Waals surface area contributed by atoms with Crippen molar-refractivity contribution in [1.29, 1.82) is 0 Å². The Kier molecular flexibility index (Phi) is 4.71. The van der Waals surface area contributed by atoms with E-state index in [4.69, 9.17) is 22.4 Å². The molecule has 0 saturated carbocycles. The van der Waals surface area contributed by atoms with Gasteiger partial charge in [0.05, 0.1) is 5.56 Å². The molecule has 21 heavy (non-hydrogen) atoms. The summed E-state index contributed by atoms with van der Waals surface area (Å²) < 4.78 is 13.7. The van der Waals surface area contributed by atoms with Gasteiger partial charge in [-0.1, -0.05) is 35.6 Å². The maximum atomic E-state index is 13.7. The monoisotopic (exact) mass is 303 g/mol. The van der Waals surface area contributed by atoms with Gasteiger partial charge in [-0.2, -0.15) is 0 Å². The standard InChI is InChI=1S/C16H11ClFNO2/c17-11-7-5-10(6-8-15(19)20)13(9-11)16(21)12-3-1-2-4-14(12)18/h1-5,7,9,15,20H,19H2. The summed E-state index contributed by atoms with van der Waals surface area (Å²) in [4.78, 5) is 12.4. The molecule has 0 aromatic heterocycles. The van der Waals surface area contributed by atoms with Crippen molar-refractivity contribution in [2.45, 2.75) is 6.23 Å². The van der Waals surface area contributed by atoms with Crippen LogP contribution in [-0.4, -0.2) is 17.1 Å². The van der Waals surface area contributed by atoms with E-state index in [1.807, 2.05) is 0 Å². The second-order valence-electron chi connectivity index (χ2n) is 4.21. The van der Waals surface area contributed by atoms with Gasteiger partial charge in [-0.25, -0.2) is 4.39 Å². The highest BCUT2D eigenvalue weighted by Crippen LogP contribution is 2.20. The Hall–Kier alpha value is -2.19. The van der Waals surface area contributed by atoms with E-state index >= 15 is 0 Å². The second-order valence-corrected chi connectivity index (χ2v) is 4.65. The van der Waals surface area contributed by atoms with Crippen molar-refractivity contribution in [1.82, 2.24) is 0 Å². The highest BCUT2D eigenvalue weighted by molar-refractivity contribution is 6.31. The summed E-state index contributed by atoms with van der Waals surface area (Å²) >= 11 is 5.88. The quantitative estimate of drug-likeness (QED) is 0.508. The normalized spacial score (nSPS) is 11.4. The van der Waals surface area contributed by atoms with E-state index in [9.17, 15) is 9.18 Å². The van der Waals surface area contributed by atoms with Crippen LogP contribution in [0.1, 0.15) is 21.5 Å². The largest absolute Gasteiger partial charge is 0.368 e. The van der Waals surface area contributed by atoms with E-state index in [0.717, 1.165) is 0 Å². The van der Waals surface area contributed by atoms with Crippen molar-refractivity contribution in [3.05, 3.63) is 70.0 Å². The van der Waals surface area contributed by atoms with E-state index in [1.54, 1.807) is 12.1 Å². The average Bonchev–Trinajstić information content (AvgIpc) is 2.45. The van der Waals surface area contributed by atoms with Crippen molar-refractivity contribution in [2.24, 2.45) is 5.73 Å². The Morgan fingerprint density at radius 2 is 1.95 bits per heavy atom. The highest BCUT2D eigenvalue weighted by Gasteiger charge is 2.16. The molecule has 5 heteroatoms. The summed E-state index contributed by atoms with van der Waals surface area (Å²) in [6.45, 7) is 0. The van der Waals surface area contributed by atoms with E-state index in [-0.39, 0.29) is 11.1 Å². The molecule has 2 aromatic rings. The first-order valence-electron chi connectivity index (χ1n) is 6.03. The second kappa shape index (κ2) is 6.51. The summed E-state index contributed by atoms with van der Waals surface area (Å²) in [6, 6.07) is 10.1. The molecule has 2 rings (SSSR count). The smallest absolute Gasteiger partial charge is 0.197 e. The van der Waals surface area contributed by atoms with Gasteiger partial charge in [-0.15, -0.1) is 0 Å². The summed E-state index contributed by atoms with van der Waals surface area (Å²) in [7, 11) is 0. The molecule has 0 radical (unpaired) electrons. The van der Waals surface area contributed by atoms with E-state index in [1.165, 1.54) is 30.3 Å². The van der Waals surface area contributed by atoms with Crippen molar-refractivity contribution < 1.29 is 14.3 Å². The lowest BCUT2D eigenvalue weighted by Crippen LogP contribution is -2.15. The number of aliphatic hydroxyl groups is 1. The molecule has 0 aliphatic rings. The highest BCUT2D eigenvalue weighted by atomic mass is 35.5. The maximum Gasteiger partial charge on any atom is 0.197 e. The Morgan fingerprint density at radius 3 is 2.62 bits per heavy atom. The minimum Gasteiger partial charge on any atom is -0.368 e. The Balaban J connectivity index is 2.53. The fourth-order valence-electron chi connectivity index (χ4n) is 1.76. The number of rotatable bonds is 2. The molecule has 0 amide bonds. The van der Waals surface area contributed by atoms with Crippen LogP contribution in [0.15, 0.2) is 42.5 Å². The molecule has 3 N–H and O–H groups in total. The van der Waals surface area contributed by atoms with Crippen LogP contribution >= 0.6 is 11.6 Å². The summed E-state index contributed by atoms with van der Waals surface area (Å²) in [5.41, 5.74) is 5.54. The number of aliphatic hydroxyl groups excluding tert-OH is 1. The SMILES string of the molecule is NC(O)C#Cc1ccc(Cl)cc1C(=O)c1ccccc1F. The maximum absolute atomic E-state index is 13.7. The third-order valence-corrected chi connectivity index (χ3v) is 2.93. The first kappa shape index (κ1) is 15.2. The van der Waals surface area contributed by atoms with Crippen LogP contribution in [0.2, 0.25) is 5.02 Å². The zero-order chi connectivity index (χ0) is 15.4. The van der Waals surface area contributed by atoms with Gasteiger partial charge in [0.1, 0.15) is 5.82 Å². The predicted molar refractivity (Wildman–Crippen MR) is 78.4 cm³/mol. The number of carbonyl (C=O) groups excluding carboxylic acids is 1. The Morgan fingerprint density at radius 1 is 1.24 bits per heavy atom. The number of hydrogen-bond acceptors (Lipinski definition) is 3. The van der Waals surface area contributed by atoms with Gasteiger partial charge in [0, 0.05) is 16.1 Å². The van der Waals surface area contributed by atoms with Crippen LogP contribution in [0, 0.1) is 17.7 Å². The minimum atomic E-state index is -1.32. The topological polar surface area (TPSA) is 63.3 Å². The zero-order valence-corrected chi connectivity index (χ0v) is 11.6. The Bertz CT molecular complexity index is 747. The fraction of sp³-hybridized carbons (Fsp3) is 0.0625. The molecule has 0 fully saturated rings. The summed E-state index contributed by atoms with van der Waals surface area (Å²) in [6.07, 6.45) is -1.32. The first-order chi connectivity index (χ1) is 9.99. The van der Waals surface area contributed by atoms with Crippen molar-refractivity contribution in [3.8, 4) is 11.8 Å². The van der Waals surface area contributed by atoms with E-state index < -0.39 is 17.8 Å². The molecule has 0 heterocycles. The molecule has 106 valence electrons. The molecule has 0 bridgehead atoms. The first-order valence-corrected chi connectivity index (χ1v) is 6.41. The third-order valence-electron chi connectivity index (χ3n) is 2.70. The number of hydrogen-bond donors (Lipinski definition) is 2. The molecule has 1 unspecified atom stereocenters. The molecule has 0 aliphatic heterocycles. The van der Waals surface area contributed by atoms with Crippen LogP contribution in [0.4, 0.5) is 4.39 Å². The molecular formula is C16H11ClFNO2. The van der Waals surface area contributed by atoms with Crippen LogP contribution in [0.25, 0.3) is 0 Å². The van der Waals surface area contributed by atoms with Gasteiger partial charge in [-0.3, -0.25) is 10.5 Å². The zero-order valence-electron chi connectivity index (χ0n) is 10.8. The van der Waals surface area contributed by atoms with Crippen molar-refractivity contribution >= 4 is 17.4 Å². The number of benzene rings is 2. The molecular weight excluding hydrogens is 293 g/mol. The van der Waals surface area contributed by atoms with Crippen LogP contribution < -0.4 is 5.73 Å². The lowest BCUT2D eigenvalue weighted by atomic mass is 9.98. The third kappa shape index (κ3) is 3.67. The number of nitrogens with two attached hydrogens (primary N) is 1. The van der Waals surface area contributed by atoms with Gasteiger partial charge >= 0.3 is 0 Å². The van der Waals surface area contributed by atoms with Crippen molar-refractivity contribution in [3.63, 3.8) is 0 Å². The molecule has 3 nitrogen and oxygen atoms in total.